The van der Waals surface area contributed by atoms with Crippen LogP contribution in [-0.4, -0.2) is 76.6 Å². The van der Waals surface area contributed by atoms with Crippen molar-refractivity contribution in [3.63, 3.8) is 0 Å². The lowest BCUT2D eigenvalue weighted by molar-refractivity contribution is -0.131. The van der Waals surface area contributed by atoms with E-state index < -0.39 is 23.6 Å². The number of carbonyl (C=O) groups is 1. The van der Waals surface area contributed by atoms with Crippen molar-refractivity contribution >= 4 is 56.6 Å². The molecule has 12 heteroatoms. The number of nitriles is 1. The number of amides is 1. The maximum atomic E-state index is 14.6. The SMILES string of the molecule is C=C(F)C(=O)N1CCN(c2nc(OCC34CCCN3CCC4)nc3cc(-c4cccc5ccc(F)c(Cl)c45)c(Cl)cc23)C[C@@H]1CC#N. The lowest BCUT2D eigenvalue weighted by Gasteiger charge is -2.41. The zero-order valence-corrected chi connectivity index (χ0v) is 27.1. The van der Waals surface area contributed by atoms with Crippen LogP contribution in [0.25, 0.3) is 32.8 Å². The van der Waals surface area contributed by atoms with Crippen molar-refractivity contribution in [2.75, 3.05) is 44.2 Å². The predicted molar refractivity (Wildman–Crippen MR) is 179 cm³/mol. The van der Waals surface area contributed by atoms with Gasteiger partial charge in [-0.1, -0.05) is 54.0 Å². The molecule has 1 amide bonds. The Hall–Kier alpha value is -4.04. The Bertz CT molecular complexity index is 1960. The maximum Gasteiger partial charge on any atom is 0.319 e. The molecule has 3 aromatic carbocycles. The zero-order valence-electron chi connectivity index (χ0n) is 25.6. The number of halogens is 4. The summed E-state index contributed by atoms with van der Waals surface area (Å²) in [6.45, 7) is 6.44. The van der Waals surface area contributed by atoms with Gasteiger partial charge in [-0.2, -0.15) is 15.2 Å². The van der Waals surface area contributed by atoms with Crippen LogP contribution in [0.5, 0.6) is 6.01 Å². The van der Waals surface area contributed by atoms with Gasteiger partial charge in [-0.3, -0.25) is 9.69 Å². The minimum Gasteiger partial charge on any atom is -0.461 e. The van der Waals surface area contributed by atoms with Crippen LogP contribution in [0, 0.1) is 17.1 Å². The van der Waals surface area contributed by atoms with Gasteiger partial charge in [0.15, 0.2) is 5.83 Å². The smallest absolute Gasteiger partial charge is 0.319 e. The second-order valence-corrected chi connectivity index (χ2v) is 13.3. The Morgan fingerprint density at radius 2 is 1.87 bits per heavy atom. The summed E-state index contributed by atoms with van der Waals surface area (Å²) in [6, 6.07) is 13.9. The number of hydrogen-bond acceptors (Lipinski definition) is 7. The molecule has 3 aliphatic heterocycles. The van der Waals surface area contributed by atoms with Crippen LogP contribution in [0.4, 0.5) is 14.6 Å². The fourth-order valence-electron chi connectivity index (χ4n) is 7.57. The van der Waals surface area contributed by atoms with Gasteiger partial charge in [0, 0.05) is 41.0 Å². The van der Waals surface area contributed by atoms with Crippen molar-refractivity contribution in [1.29, 1.82) is 5.26 Å². The maximum absolute atomic E-state index is 14.6. The standard InChI is InChI=1S/C35H32Cl2F2N6O2/c1-21(38)33(46)45-16-15-43(19-23(45)9-12-40)32-26-17-27(36)25(24-6-2-5-22-7-8-28(39)31(37)30(22)24)18-29(26)41-34(42-32)47-20-35-10-3-13-44(35)14-4-11-35/h2,5-8,17-18,23H,1,3-4,9-11,13-16,19-20H2/t23-/m0/s1. The van der Waals surface area contributed by atoms with Crippen LogP contribution in [0.3, 0.4) is 0 Å². The van der Waals surface area contributed by atoms with E-state index in [9.17, 15) is 18.8 Å². The minimum absolute atomic E-state index is 0.00352. The topological polar surface area (TPSA) is 85.6 Å². The first-order valence-corrected chi connectivity index (χ1v) is 16.5. The quantitative estimate of drug-likeness (QED) is 0.190. The first kappa shape index (κ1) is 31.6. The van der Waals surface area contributed by atoms with Crippen molar-refractivity contribution in [3.05, 3.63) is 70.7 Å². The first-order valence-electron chi connectivity index (χ1n) is 15.7. The zero-order chi connectivity index (χ0) is 32.9. The highest BCUT2D eigenvalue weighted by molar-refractivity contribution is 6.38. The van der Waals surface area contributed by atoms with Crippen LogP contribution in [0.1, 0.15) is 32.1 Å². The van der Waals surface area contributed by atoms with Crippen molar-refractivity contribution in [2.45, 2.75) is 43.7 Å². The van der Waals surface area contributed by atoms with E-state index in [0.717, 1.165) is 44.2 Å². The van der Waals surface area contributed by atoms with Crippen molar-refractivity contribution < 1.29 is 18.3 Å². The molecule has 0 bridgehead atoms. The van der Waals surface area contributed by atoms with E-state index >= 15 is 0 Å². The number of anilines is 1. The summed E-state index contributed by atoms with van der Waals surface area (Å²) < 4.78 is 34.9. The Kier molecular flexibility index (Phi) is 8.41. The summed E-state index contributed by atoms with van der Waals surface area (Å²) in [5.74, 6) is -1.89. The van der Waals surface area contributed by atoms with Crippen LogP contribution >= 0.6 is 23.2 Å². The van der Waals surface area contributed by atoms with Gasteiger partial charge in [0.1, 0.15) is 18.2 Å². The third-order valence-electron chi connectivity index (χ3n) is 9.85. The van der Waals surface area contributed by atoms with E-state index in [1.165, 1.54) is 11.0 Å². The van der Waals surface area contributed by atoms with E-state index in [-0.39, 0.29) is 36.1 Å². The van der Waals surface area contributed by atoms with Crippen LogP contribution in [0.15, 0.2) is 54.9 Å². The first-order chi connectivity index (χ1) is 22.7. The second-order valence-electron chi connectivity index (χ2n) is 12.5. The van der Waals surface area contributed by atoms with E-state index in [0.29, 0.717) is 51.4 Å². The number of nitrogens with zero attached hydrogens (tertiary/aromatic N) is 6. The van der Waals surface area contributed by atoms with Crippen molar-refractivity contribution in [3.8, 4) is 23.2 Å². The number of hydrogen-bond donors (Lipinski definition) is 0. The fraction of sp³-hybridized carbons (Fsp3) is 0.371. The van der Waals surface area contributed by atoms with Gasteiger partial charge in [-0.15, -0.1) is 0 Å². The Morgan fingerprint density at radius 1 is 1.09 bits per heavy atom. The van der Waals surface area contributed by atoms with E-state index in [4.69, 9.17) is 37.9 Å². The van der Waals surface area contributed by atoms with Crippen molar-refractivity contribution in [2.24, 2.45) is 0 Å². The molecular formula is C35H32Cl2F2N6O2. The third-order valence-corrected chi connectivity index (χ3v) is 10.5. The van der Waals surface area contributed by atoms with E-state index in [1.54, 1.807) is 12.1 Å². The number of piperazine rings is 1. The lowest BCUT2D eigenvalue weighted by Crippen LogP contribution is -2.55. The van der Waals surface area contributed by atoms with Gasteiger partial charge in [0.2, 0.25) is 0 Å². The number of rotatable bonds is 7. The highest BCUT2D eigenvalue weighted by Gasteiger charge is 2.45. The van der Waals surface area contributed by atoms with Gasteiger partial charge < -0.3 is 14.5 Å². The Balaban J connectivity index is 1.33. The molecule has 1 atom stereocenters. The molecule has 3 saturated heterocycles. The lowest BCUT2D eigenvalue weighted by atomic mass is 9.95. The number of fused-ring (bicyclic) bond motifs is 3. The molecule has 4 aromatic rings. The molecule has 47 heavy (non-hydrogen) atoms. The van der Waals surface area contributed by atoms with Gasteiger partial charge in [0.25, 0.3) is 5.91 Å². The number of carbonyl (C=O) groups excluding carboxylic acids is 1. The monoisotopic (exact) mass is 676 g/mol. The summed E-state index contributed by atoms with van der Waals surface area (Å²) >= 11 is 13.5. The van der Waals surface area contributed by atoms with E-state index in [1.807, 2.05) is 29.2 Å². The van der Waals surface area contributed by atoms with E-state index in [2.05, 4.69) is 17.5 Å². The number of benzene rings is 3. The summed E-state index contributed by atoms with van der Waals surface area (Å²) in [5.41, 5.74) is 1.78. The highest BCUT2D eigenvalue weighted by Crippen LogP contribution is 2.42. The fourth-order valence-corrected chi connectivity index (χ4v) is 8.11. The summed E-state index contributed by atoms with van der Waals surface area (Å²) in [7, 11) is 0. The van der Waals surface area contributed by atoms with Gasteiger partial charge >= 0.3 is 6.01 Å². The largest absolute Gasteiger partial charge is 0.461 e. The van der Waals surface area contributed by atoms with Crippen LogP contribution < -0.4 is 9.64 Å². The van der Waals surface area contributed by atoms with Gasteiger partial charge in [-0.25, -0.2) is 8.78 Å². The van der Waals surface area contributed by atoms with Crippen LogP contribution in [0.2, 0.25) is 10.0 Å². The minimum atomic E-state index is -1.07. The molecule has 0 radical (unpaired) electrons. The second kappa shape index (κ2) is 12.5. The molecule has 0 saturated carbocycles. The molecule has 3 fully saturated rings. The highest BCUT2D eigenvalue weighted by atomic mass is 35.5. The molecule has 0 unspecified atom stereocenters. The molecule has 3 aliphatic rings. The Labute approximate surface area is 281 Å². The molecule has 7 rings (SSSR count). The predicted octanol–water partition coefficient (Wildman–Crippen LogP) is 7.32. The molecule has 1 aromatic heterocycles. The number of aromatic nitrogens is 2. The normalized spacial score (nSPS) is 19.3. The average Bonchev–Trinajstić information content (AvgIpc) is 3.65. The molecule has 0 spiro atoms. The van der Waals surface area contributed by atoms with Gasteiger partial charge in [0.05, 0.1) is 34.6 Å². The Morgan fingerprint density at radius 3 is 2.62 bits per heavy atom. The third kappa shape index (κ3) is 5.64. The molecular weight excluding hydrogens is 645 g/mol. The molecule has 0 aliphatic carbocycles. The molecule has 4 heterocycles. The number of ether oxygens (including phenoxy) is 1. The molecule has 0 N–H and O–H groups in total. The summed E-state index contributed by atoms with van der Waals surface area (Å²) in [6.07, 6.45) is 4.35. The average molecular weight is 678 g/mol. The van der Waals surface area contributed by atoms with Gasteiger partial charge in [-0.05, 0) is 67.9 Å². The molecule has 8 nitrogen and oxygen atoms in total. The molecule has 242 valence electrons. The summed E-state index contributed by atoms with van der Waals surface area (Å²) in [4.78, 5) is 28.1. The summed E-state index contributed by atoms with van der Waals surface area (Å²) in [5, 5.41) is 11.9. The van der Waals surface area contributed by atoms with Crippen LogP contribution in [-0.2, 0) is 4.79 Å². The van der Waals surface area contributed by atoms with Crippen molar-refractivity contribution in [1.82, 2.24) is 19.8 Å².